The normalized spacial score (nSPS) is 11.4. The number of carbonyl (C=O) groups is 1. The number of aromatic nitrogens is 3. The van der Waals surface area contributed by atoms with E-state index in [1.807, 2.05) is 0 Å². The van der Waals surface area contributed by atoms with E-state index in [2.05, 4.69) is 15.2 Å². The molecule has 2 aromatic carbocycles. The highest BCUT2D eigenvalue weighted by molar-refractivity contribution is 5.92. The van der Waals surface area contributed by atoms with E-state index in [1.54, 1.807) is 43.5 Å². The molecule has 204 valence electrons. The van der Waals surface area contributed by atoms with E-state index in [0.29, 0.717) is 5.39 Å². The van der Waals surface area contributed by atoms with Crippen LogP contribution in [0.5, 0.6) is 5.75 Å². The van der Waals surface area contributed by atoms with Crippen LogP contribution in [0.1, 0.15) is 6.92 Å². The second-order valence-electron chi connectivity index (χ2n) is 8.06. The Hall–Kier alpha value is -4.65. The predicted molar refractivity (Wildman–Crippen MR) is 135 cm³/mol. The number of carbonyl (C=O) groups excluding carboxylic acids is 1. The lowest BCUT2D eigenvalue weighted by atomic mass is 10.2. The minimum Gasteiger partial charge on any atom is -0.464 e. The van der Waals surface area contributed by atoms with Crippen LogP contribution in [0, 0.1) is 0 Å². The molecule has 0 aliphatic rings. The first-order chi connectivity index (χ1) is 18.7. The molecule has 2 aromatic heterocycles. The van der Waals surface area contributed by atoms with E-state index < -0.39 is 29.2 Å². The quantitative estimate of drug-likeness (QED) is 0.237. The largest absolute Gasteiger partial charge is 0.573 e. The summed E-state index contributed by atoms with van der Waals surface area (Å²) in [5, 5.41) is 8.03. The number of hydrogen-bond donors (Lipinski definition) is 1. The fourth-order valence-electron chi connectivity index (χ4n) is 3.70. The molecule has 4 aromatic rings. The van der Waals surface area contributed by atoms with E-state index in [-0.39, 0.29) is 48.9 Å². The summed E-state index contributed by atoms with van der Waals surface area (Å²) in [6.07, 6.45) is -3.30. The highest BCUT2D eigenvalue weighted by Gasteiger charge is 2.31. The first kappa shape index (κ1) is 27.4. The number of pyridine rings is 1. The van der Waals surface area contributed by atoms with Crippen molar-refractivity contribution in [1.29, 1.82) is 0 Å². The van der Waals surface area contributed by atoms with Crippen LogP contribution < -0.4 is 21.2 Å². The van der Waals surface area contributed by atoms with Crippen molar-refractivity contribution in [2.24, 2.45) is 0 Å². The minimum atomic E-state index is -4.85. The molecule has 0 atom stereocenters. The van der Waals surface area contributed by atoms with E-state index in [9.17, 15) is 27.6 Å². The van der Waals surface area contributed by atoms with Crippen molar-refractivity contribution in [1.82, 2.24) is 14.3 Å². The number of rotatable bonds is 10. The number of alkyl halides is 3. The van der Waals surface area contributed by atoms with Crippen molar-refractivity contribution in [2.45, 2.75) is 19.8 Å². The number of nitrogens with one attached hydrogen (secondary N) is 1. The molecule has 0 amide bonds. The van der Waals surface area contributed by atoms with Crippen LogP contribution in [-0.2, 0) is 20.8 Å². The Bertz CT molecular complexity index is 1580. The van der Waals surface area contributed by atoms with Crippen molar-refractivity contribution >= 4 is 28.2 Å². The Morgan fingerprint density at radius 3 is 2.38 bits per heavy atom. The van der Waals surface area contributed by atoms with Gasteiger partial charge in [0.1, 0.15) is 18.0 Å². The molecule has 0 saturated heterocycles. The third-order valence-electron chi connectivity index (χ3n) is 5.39. The van der Waals surface area contributed by atoms with Crippen LogP contribution in [0.3, 0.4) is 0 Å². The Morgan fingerprint density at radius 2 is 1.69 bits per heavy atom. The molecule has 13 heteroatoms. The molecule has 0 spiro atoms. The number of hydrogen-bond acceptors (Lipinski definition) is 8. The van der Waals surface area contributed by atoms with E-state index in [1.165, 1.54) is 22.8 Å². The average Bonchev–Trinajstić information content (AvgIpc) is 2.90. The summed E-state index contributed by atoms with van der Waals surface area (Å²) in [5.41, 5.74) is -0.577. The number of benzene rings is 2. The van der Waals surface area contributed by atoms with Crippen molar-refractivity contribution < 1.29 is 32.2 Å². The maximum atomic E-state index is 13.2. The van der Waals surface area contributed by atoms with E-state index in [0.717, 1.165) is 16.8 Å². The van der Waals surface area contributed by atoms with Gasteiger partial charge >= 0.3 is 12.3 Å². The van der Waals surface area contributed by atoms with Crippen LogP contribution in [0.4, 0.5) is 24.7 Å². The fraction of sp³-hybridized carbons (Fsp3) is 0.231. The molecule has 0 aliphatic heterocycles. The van der Waals surface area contributed by atoms with Crippen molar-refractivity contribution in [3.05, 3.63) is 87.6 Å². The average molecular weight is 544 g/mol. The van der Waals surface area contributed by atoms with Crippen molar-refractivity contribution in [3.63, 3.8) is 0 Å². The summed E-state index contributed by atoms with van der Waals surface area (Å²) in [5.74, 6) is -0.778. The summed E-state index contributed by atoms with van der Waals surface area (Å²) in [6.45, 7) is 1.93. The van der Waals surface area contributed by atoms with Crippen LogP contribution in [0.25, 0.3) is 16.5 Å². The zero-order valence-corrected chi connectivity index (χ0v) is 20.6. The predicted octanol–water partition coefficient (Wildman–Crippen LogP) is 3.77. The zero-order valence-electron chi connectivity index (χ0n) is 20.6. The molecule has 39 heavy (non-hydrogen) atoms. The maximum Gasteiger partial charge on any atom is 0.573 e. The molecule has 1 N–H and O–H groups in total. The monoisotopic (exact) mass is 544 g/mol. The van der Waals surface area contributed by atoms with Gasteiger partial charge in [0.15, 0.2) is 5.82 Å². The van der Waals surface area contributed by atoms with Gasteiger partial charge in [-0.2, -0.15) is 4.68 Å². The molecule has 4 rings (SSSR count). The molecule has 10 nitrogen and oxygen atoms in total. The van der Waals surface area contributed by atoms with Gasteiger partial charge in [-0.25, -0.2) is 4.79 Å². The number of nitrogens with zero attached hydrogens (tertiary/aromatic N) is 3. The zero-order chi connectivity index (χ0) is 28.0. The standard InChI is InChI=1S/C26H23F3N4O6/c1-2-38-22(34)16-37-15-14-32-13-5-8-21(25(32)36)30-23-19-6-3-4-7-20(19)24(35)33(31-23)17-9-11-18(12-10-17)39-26(27,28)29/h3-13H,2,14-16H2,1H3,(H,30,31). The van der Waals surface area contributed by atoms with Crippen LogP contribution >= 0.6 is 0 Å². The summed E-state index contributed by atoms with van der Waals surface area (Å²) in [4.78, 5) is 37.6. The van der Waals surface area contributed by atoms with Gasteiger partial charge < -0.3 is 24.1 Å². The number of halogens is 3. The summed E-state index contributed by atoms with van der Waals surface area (Å²) < 4.78 is 53.9. The van der Waals surface area contributed by atoms with E-state index >= 15 is 0 Å². The van der Waals surface area contributed by atoms with Gasteiger partial charge in [0.25, 0.3) is 11.1 Å². The molecular weight excluding hydrogens is 521 g/mol. The maximum absolute atomic E-state index is 13.2. The first-order valence-electron chi connectivity index (χ1n) is 11.7. The third kappa shape index (κ3) is 6.82. The van der Waals surface area contributed by atoms with Gasteiger partial charge in [0, 0.05) is 18.1 Å². The minimum absolute atomic E-state index is 0.0856. The van der Waals surface area contributed by atoms with Gasteiger partial charge in [0.05, 0.1) is 24.3 Å². The Morgan fingerprint density at radius 1 is 0.974 bits per heavy atom. The van der Waals surface area contributed by atoms with Crippen LogP contribution in [-0.4, -0.2) is 46.5 Å². The summed E-state index contributed by atoms with van der Waals surface area (Å²) in [7, 11) is 0. The van der Waals surface area contributed by atoms with Crippen molar-refractivity contribution in [3.8, 4) is 11.4 Å². The van der Waals surface area contributed by atoms with Gasteiger partial charge in [-0.3, -0.25) is 9.59 Å². The SMILES string of the molecule is CCOC(=O)COCCn1cccc(Nc2nn(-c3ccc(OC(F)(F)F)cc3)c(=O)c3ccccc23)c1=O. The first-order valence-corrected chi connectivity index (χ1v) is 11.7. The fourth-order valence-corrected chi connectivity index (χ4v) is 3.70. The van der Waals surface area contributed by atoms with Gasteiger partial charge in [-0.15, -0.1) is 18.3 Å². The highest BCUT2D eigenvalue weighted by atomic mass is 19.4. The van der Waals surface area contributed by atoms with Gasteiger partial charge in [-0.05, 0) is 49.4 Å². The topological polar surface area (TPSA) is 114 Å². The Kier molecular flexibility index (Phi) is 8.30. The molecule has 0 saturated carbocycles. The molecule has 0 radical (unpaired) electrons. The molecule has 0 bridgehead atoms. The second kappa shape index (κ2) is 11.8. The lowest BCUT2D eigenvalue weighted by Crippen LogP contribution is -2.26. The highest BCUT2D eigenvalue weighted by Crippen LogP contribution is 2.25. The molecule has 2 heterocycles. The number of fused-ring (bicyclic) bond motifs is 1. The van der Waals surface area contributed by atoms with Crippen LogP contribution in [0.2, 0.25) is 0 Å². The lowest BCUT2D eigenvalue weighted by Gasteiger charge is -2.14. The second-order valence-corrected chi connectivity index (χ2v) is 8.06. The summed E-state index contributed by atoms with van der Waals surface area (Å²) >= 11 is 0. The number of anilines is 2. The smallest absolute Gasteiger partial charge is 0.464 e. The third-order valence-corrected chi connectivity index (χ3v) is 5.39. The summed E-state index contributed by atoms with van der Waals surface area (Å²) in [6, 6.07) is 14.4. The number of ether oxygens (including phenoxy) is 3. The van der Waals surface area contributed by atoms with E-state index in [4.69, 9.17) is 9.47 Å². The molecule has 0 unspecified atom stereocenters. The Balaban J connectivity index is 1.62. The number of esters is 1. The molecule has 0 aliphatic carbocycles. The Labute approximate surface area is 219 Å². The van der Waals surface area contributed by atoms with Crippen molar-refractivity contribution in [2.75, 3.05) is 25.1 Å². The lowest BCUT2D eigenvalue weighted by molar-refractivity contribution is -0.274. The van der Waals surface area contributed by atoms with Gasteiger partial charge in [0.2, 0.25) is 0 Å². The molecule has 0 fully saturated rings. The molecular formula is C26H23F3N4O6. The van der Waals surface area contributed by atoms with Crippen LogP contribution in [0.15, 0.2) is 76.4 Å². The van der Waals surface area contributed by atoms with Gasteiger partial charge in [-0.1, -0.05) is 18.2 Å².